The fourth-order valence-corrected chi connectivity index (χ4v) is 2.30. The van der Waals surface area contributed by atoms with Crippen molar-refractivity contribution in [1.82, 2.24) is 5.32 Å². The first-order valence-electron chi connectivity index (χ1n) is 6.35. The summed E-state index contributed by atoms with van der Waals surface area (Å²) in [5, 5.41) is 3.41. The summed E-state index contributed by atoms with van der Waals surface area (Å²) in [6.45, 7) is 10.4. The molecule has 0 aliphatic heterocycles. The van der Waals surface area contributed by atoms with Gasteiger partial charge in [-0.05, 0) is 37.1 Å². The Morgan fingerprint density at radius 2 is 1.94 bits per heavy atom. The molecule has 1 rings (SSSR count). The van der Waals surface area contributed by atoms with Gasteiger partial charge in [-0.25, -0.2) is 0 Å². The zero-order valence-electron chi connectivity index (χ0n) is 11.0. The van der Waals surface area contributed by atoms with Crippen molar-refractivity contribution in [3.63, 3.8) is 0 Å². The molecule has 0 aliphatic carbocycles. The molecule has 94 valence electrons. The summed E-state index contributed by atoms with van der Waals surface area (Å²) >= 11 is 1.87. The number of hydrogen-bond donors (Lipinski definition) is 1. The molecule has 17 heavy (non-hydrogen) atoms. The van der Waals surface area contributed by atoms with E-state index in [0.717, 1.165) is 25.3 Å². The molecule has 0 radical (unpaired) electrons. The molecular formula is C15H23NS. The molecule has 0 amide bonds. The lowest BCUT2D eigenvalue weighted by Gasteiger charge is -2.06. The minimum absolute atomic E-state index is 0.973. The second-order valence-electron chi connectivity index (χ2n) is 4.21. The highest BCUT2D eigenvalue weighted by Crippen LogP contribution is 2.21. The van der Waals surface area contributed by atoms with Crippen molar-refractivity contribution < 1.29 is 0 Å². The van der Waals surface area contributed by atoms with Crippen LogP contribution < -0.4 is 5.32 Å². The van der Waals surface area contributed by atoms with E-state index in [9.17, 15) is 0 Å². The van der Waals surface area contributed by atoms with Crippen molar-refractivity contribution in [2.45, 2.75) is 38.1 Å². The average Bonchev–Trinajstić information content (AvgIpc) is 2.37. The Hall–Kier alpha value is -0.730. The Balaban J connectivity index is 2.36. The largest absolute Gasteiger partial charge is 0.313 e. The molecule has 1 aromatic carbocycles. The molecule has 0 unspecified atom stereocenters. The van der Waals surface area contributed by atoms with Gasteiger partial charge in [0.25, 0.3) is 0 Å². The third kappa shape index (κ3) is 5.94. The van der Waals surface area contributed by atoms with E-state index in [-0.39, 0.29) is 0 Å². The first kappa shape index (κ1) is 14.3. The Morgan fingerprint density at radius 3 is 2.53 bits per heavy atom. The molecule has 2 heteroatoms. The van der Waals surface area contributed by atoms with E-state index in [2.05, 4.69) is 50.0 Å². The van der Waals surface area contributed by atoms with E-state index in [1.54, 1.807) is 0 Å². The van der Waals surface area contributed by atoms with Gasteiger partial charge in [0.15, 0.2) is 0 Å². The highest BCUT2D eigenvalue weighted by molar-refractivity contribution is 7.99. The summed E-state index contributed by atoms with van der Waals surface area (Å²) in [6.07, 6.45) is 2.26. The standard InChI is InChI=1S/C15H23NS/c1-4-10-16-11-14-6-8-15(9-7-14)17-12-13(3)5-2/h6-9,16H,3-5,10-12H2,1-2H3. The third-order valence-corrected chi connectivity index (χ3v) is 3.78. The van der Waals surface area contributed by atoms with Crippen LogP contribution in [0.4, 0.5) is 0 Å². The number of nitrogens with one attached hydrogen (secondary N) is 1. The minimum Gasteiger partial charge on any atom is -0.313 e. The van der Waals surface area contributed by atoms with Gasteiger partial charge in [0.1, 0.15) is 0 Å². The van der Waals surface area contributed by atoms with Crippen LogP contribution >= 0.6 is 11.8 Å². The maximum atomic E-state index is 4.02. The molecule has 0 aromatic heterocycles. The number of hydrogen-bond acceptors (Lipinski definition) is 2. The van der Waals surface area contributed by atoms with Crippen LogP contribution in [0.5, 0.6) is 0 Å². The summed E-state index contributed by atoms with van der Waals surface area (Å²) in [4.78, 5) is 1.33. The van der Waals surface area contributed by atoms with Crippen LogP contribution in [0.2, 0.25) is 0 Å². The summed E-state index contributed by atoms with van der Waals surface area (Å²) in [5.74, 6) is 1.03. The molecule has 0 saturated heterocycles. The molecule has 0 bridgehead atoms. The summed E-state index contributed by atoms with van der Waals surface area (Å²) in [6, 6.07) is 8.83. The third-order valence-electron chi connectivity index (χ3n) is 2.62. The number of benzene rings is 1. The Bertz CT molecular complexity index is 329. The average molecular weight is 249 g/mol. The lowest BCUT2D eigenvalue weighted by molar-refractivity contribution is 0.675. The molecule has 0 atom stereocenters. The Kier molecular flexibility index (Phi) is 7.06. The van der Waals surface area contributed by atoms with E-state index in [1.165, 1.54) is 22.5 Å². The number of rotatable bonds is 8. The van der Waals surface area contributed by atoms with Gasteiger partial charge in [-0.2, -0.15) is 0 Å². The highest BCUT2D eigenvalue weighted by atomic mass is 32.2. The maximum absolute atomic E-state index is 4.02. The van der Waals surface area contributed by atoms with E-state index in [0.29, 0.717) is 0 Å². The normalized spacial score (nSPS) is 10.5. The second-order valence-corrected chi connectivity index (χ2v) is 5.26. The smallest absolute Gasteiger partial charge is 0.0205 e. The zero-order chi connectivity index (χ0) is 12.5. The van der Waals surface area contributed by atoms with Gasteiger partial charge in [0.05, 0.1) is 0 Å². The molecule has 1 nitrogen and oxygen atoms in total. The topological polar surface area (TPSA) is 12.0 Å². The van der Waals surface area contributed by atoms with Crippen molar-refractivity contribution in [3.05, 3.63) is 42.0 Å². The quantitative estimate of drug-likeness (QED) is 0.420. The molecule has 1 aromatic rings. The minimum atomic E-state index is 0.973. The molecular weight excluding hydrogens is 226 g/mol. The molecule has 0 aliphatic rings. The zero-order valence-corrected chi connectivity index (χ0v) is 11.8. The van der Waals surface area contributed by atoms with Gasteiger partial charge < -0.3 is 5.32 Å². The van der Waals surface area contributed by atoms with Gasteiger partial charge in [-0.3, -0.25) is 0 Å². The van der Waals surface area contributed by atoms with Crippen molar-refractivity contribution in [2.24, 2.45) is 0 Å². The van der Waals surface area contributed by atoms with Crippen molar-refractivity contribution in [1.29, 1.82) is 0 Å². The molecule has 0 saturated carbocycles. The van der Waals surface area contributed by atoms with Crippen LogP contribution in [0.1, 0.15) is 32.3 Å². The van der Waals surface area contributed by atoms with Crippen molar-refractivity contribution in [2.75, 3.05) is 12.3 Å². The van der Waals surface area contributed by atoms with Crippen LogP contribution in [0.25, 0.3) is 0 Å². The fraction of sp³-hybridized carbons (Fsp3) is 0.467. The Labute approximate surface area is 110 Å². The van der Waals surface area contributed by atoms with Gasteiger partial charge in [-0.1, -0.05) is 38.1 Å². The second kappa shape index (κ2) is 8.37. The van der Waals surface area contributed by atoms with Crippen molar-refractivity contribution in [3.8, 4) is 0 Å². The molecule has 0 fully saturated rings. The molecule has 1 N–H and O–H groups in total. The molecule has 0 heterocycles. The van der Waals surface area contributed by atoms with Gasteiger partial charge in [-0.15, -0.1) is 11.8 Å². The number of thioether (sulfide) groups is 1. The van der Waals surface area contributed by atoms with Crippen LogP contribution in [0.15, 0.2) is 41.3 Å². The summed E-state index contributed by atoms with van der Waals surface area (Å²) < 4.78 is 0. The first-order valence-corrected chi connectivity index (χ1v) is 7.34. The monoisotopic (exact) mass is 249 g/mol. The fourth-order valence-electron chi connectivity index (χ4n) is 1.40. The SMILES string of the molecule is C=C(CC)CSc1ccc(CNCCC)cc1. The Morgan fingerprint density at radius 1 is 1.24 bits per heavy atom. The first-order chi connectivity index (χ1) is 8.26. The predicted octanol–water partition coefficient (Wildman–Crippen LogP) is 4.24. The van der Waals surface area contributed by atoms with E-state index in [1.807, 2.05) is 11.8 Å². The lowest BCUT2D eigenvalue weighted by atomic mass is 10.2. The van der Waals surface area contributed by atoms with Crippen LogP contribution in [-0.2, 0) is 6.54 Å². The predicted molar refractivity (Wildman–Crippen MR) is 78.6 cm³/mol. The van der Waals surface area contributed by atoms with Crippen LogP contribution in [-0.4, -0.2) is 12.3 Å². The summed E-state index contributed by atoms with van der Waals surface area (Å²) in [5.41, 5.74) is 2.67. The van der Waals surface area contributed by atoms with E-state index < -0.39 is 0 Å². The van der Waals surface area contributed by atoms with Gasteiger partial charge in [0, 0.05) is 17.2 Å². The van der Waals surface area contributed by atoms with E-state index in [4.69, 9.17) is 0 Å². The maximum Gasteiger partial charge on any atom is 0.0205 e. The molecule has 0 spiro atoms. The van der Waals surface area contributed by atoms with E-state index >= 15 is 0 Å². The van der Waals surface area contributed by atoms with Gasteiger partial charge in [0.2, 0.25) is 0 Å². The summed E-state index contributed by atoms with van der Waals surface area (Å²) in [7, 11) is 0. The van der Waals surface area contributed by atoms with Gasteiger partial charge >= 0.3 is 0 Å². The van der Waals surface area contributed by atoms with Crippen LogP contribution in [0, 0.1) is 0 Å². The highest BCUT2D eigenvalue weighted by Gasteiger charge is 1.97. The van der Waals surface area contributed by atoms with Crippen molar-refractivity contribution >= 4 is 11.8 Å². The van der Waals surface area contributed by atoms with Crippen LogP contribution in [0.3, 0.4) is 0 Å². The lowest BCUT2D eigenvalue weighted by Crippen LogP contribution is -2.13.